The summed E-state index contributed by atoms with van der Waals surface area (Å²) in [6, 6.07) is 1.80. The van der Waals surface area contributed by atoms with Crippen molar-refractivity contribution in [3.05, 3.63) is 29.9 Å². The van der Waals surface area contributed by atoms with E-state index in [1.54, 1.807) is 6.07 Å². The maximum Gasteiger partial charge on any atom is 0.373 e. The summed E-state index contributed by atoms with van der Waals surface area (Å²) in [5, 5.41) is 16.7. The van der Waals surface area contributed by atoms with Crippen LogP contribution < -0.4 is 0 Å². The topological polar surface area (TPSA) is 86.9 Å². The van der Waals surface area contributed by atoms with Crippen molar-refractivity contribution in [3.8, 4) is 6.07 Å². The Morgan fingerprint density at radius 3 is 2.62 bits per heavy atom. The molecule has 0 saturated heterocycles. The normalized spacial score (nSPS) is 9.77. The molecule has 1 aromatic rings. The highest BCUT2D eigenvalue weighted by Gasteiger charge is 2.03. The summed E-state index contributed by atoms with van der Waals surface area (Å²) in [7, 11) is 0. The monoisotopic (exact) mass is 175 g/mol. The van der Waals surface area contributed by atoms with Crippen LogP contribution in [0.4, 0.5) is 0 Å². The molecule has 0 spiro atoms. The number of nitrogens with zero attached hydrogens (tertiary/aromatic N) is 3. The van der Waals surface area contributed by atoms with Crippen molar-refractivity contribution < 1.29 is 9.90 Å². The van der Waals surface area contributed by atoms with Crippen LogP contribution in [0.5, 0.6) is 0 Å². The van der Waals surface area contributed by atoms with E-state index >= 15 is 0 Å². The van der Waals surface area contributed by atoms with Crippen molar-refractivity contribution in [2.75, 3.05) is 0 Å². The number of aromatic carboxylic acids is 1. The van der Waals surface area contributed by atoms with Crippen LogP contribution in [-0.2, 0) is 0 Å². The van der Waals surface area contributed by atoms with Crippen LogP contribution in [0.25, 0.3) is 6.08 Å². The number of rotatable bonds is 2. The van der Waals surface area contributed by atoms with Gasteiger partial charge in [-0.2, -0.15) is 5.26 Å². The Morgan fingerprint density at radius 2 is 2.15 bits per heavy atom. The zero-order valence-electron chi connectivity index (χ0n) is 6.51. The van der Waals surface area contributed by atoms with Gasteiger partial charge in [0.1, 0.15) is 0 Å². The van der Waals surface area contributed by atoms with E-state index in [0.29, 0.717) is 5.56 Å². The Labute approximate surface area is 74.0 Å². The van der Waals surface area contributed by atoms with Gasteiger partial charge in [-0.25, -0.2) is 14.8 Å². The number of carboxylic acids is 1. The number of hydrogen-bond donors (Lipinski definition) is 1. The lowest BCUT2D eigenvalue weighted by atomic mass is 10.3. The van der Waals surface area contributed by atoms with Gasteiger partial charge in [0.05, 0.1) is 6.07 Å². The quantitative estimate of drug-likeness (QED) is 0.669. The van der Waals surface area contributed by atoms with Crippen LogP contribution in [0.1, 0.15) is 16.2 Å². The Hall–Kier alpha value is -2.22. The van der Waals surface area contributed by atoms with Gasteiger partial charge in [-0.05, 0) is 6.08 Å². The van der Waals surface area contributed by atoms with Gasteiger partial charge in [0, 0.05) is 24.0 Å². The van der Waals surface area contributed by atoms with E-state index in [1.807, 2.05) is 0 Å². The van der Waals surface area contributed by atoms with E-state index in [1.165, 1.54) is 24.5 Å². The van der Waals surface area contributed by atoms with Gasteiger partial charge in [0.2, 0.25) is 5.82 Å². The summed E-state index contributed by atoms with van der Waals surface area (Å²) < 4.78 is 0. The molecule has 1 rings (SSSR count). The Morgan fingerprint density at radius 1 is 1.54 bits per heavy atom. The molecule has 64 valence electrons. The summed E-state index contributed by atoms with van der Waals surface area (Å²) in [6.07, 6.45) is 5.43. The van der Waals surface area contributed by atoms with Crippen molar-refractivity contribution in [3.63, 3.8) is 0 Å². The Balaban J connectivity index is 2.89. The van der Waals surface area contributed by atoms with Gasteiger partial charge in [-0.15, -0.1) is 0 Å². The average molecular weight is 175 g/mol. The lowest BCUT2D eigenvalue weighted by molar-refractivity contribution is 0.0683. The predicted octanol–water partition coefficient (Wildman–Crippen LogP) is 0.712. The van der Waals surface area contributed by atoms with Crippen LogP contribution in [0.15, 0.2) is 18.5 Å². The van der Waals surface area contributed by atoms with E-state index in [4.69, 9.17) is 10.4 Å². The second-order valence-corrected chi connectivity index (χ2v) is 2.11. The molecule has 0 saturated carbocycles. The highest BCUT2D eigenvalue weighted by molar-refractivity contribution is 5.83. The number of aromatic nitrogens is 2. The molecule has 5 nitrogen and oxygen atoms in total. The number of nitriles is 1. The van der Waals surface area contributed by atoms with E-state index in [-0.39, 0.29) is 5.82 Å². The van der Waals surface area contributed by atoms with Gasteiger partial charge in [-0.1, -0.05) is 0 Å². The maximum atomic E-state index is 10.3. The smallest absolute Gasteiger partial charge is 0.373 e. The zero-order chi connectivity index (χ0) is 9.68. The molecule has 0 fully saturated rings. The molecule has 0 aliphatic carbocycles. The molecule has 0 aromatic carbocycles. The average Bonchev–Trinajstić information content (AvgIpc) is 2.15. The maximum absolute atomic E-state index is 10.3. The fraction of sp³-hybridized carbons (Fsp3) is 0. The molecule has 0 bridgehead atoms. The Kier molecular flexibility index (Phi) is 2.71. The van der Waals surface area contributed by atoms with E-state index < -0.39 is 5.97 Å². The minimum absolute atomic E-state index is 0.255. The molecule has 1 heterocycles. The Bertz CT molecular complexity index is 375. The minimum Gasteiger partial charge on any atom is -0.475 e. The van der Waals surface area contributed by atoms with Crippen LogP contribution in [0.3, 0.4) is 0 Å². The summed E-state index contributed by atoms with van der Waals surface area (Å²) in [4.78, 5) is 17.5. The first-order valence-corrected chi connectivity index (χ1v) is 3.35. The van der Waals surface area contributed by atoms with Crippen LogP contribution >= 0.6 is 0 Å². The third-order valence-electron chi connectivity index (χ3n) is 1.21. The van der Waals surface area contributed by atoms with Crippen molar-refractivity contribution in [1.29, 1.82) is 5.26 Å². The molecule has 0 radical (unpaired) electrons. The molecule has 0 unspecified atom stereocenters. The number of carbonyl (C=O) groups is 1. The molecule has 0 atom stereocenters. The zero-order valence-corrected chi connectivity index (χ0v) is 6.51. The standard InChI is InChI=1S/C8H5N3O2/c9-3-1-2-6-4-10-7(8(12)13)11-5-6/h1-2,4-5H,(H,12,13). The third kappa shape index (κ3) is 2.38. The van der Waals surface area contributed by atoms with Crippen molar-refractivity contribution in [2.24, 2.45) is 0 Å². The fourth-order valence-corrected chi connectivity index (χ4v) is 0.668. The number of hydrogen-bond acceptors (Lipinski definition) is 4. The summed E-state index contributed by atoms with van der Waals surface area (Å²) in [5.74, 6) is -1.43. The first kappa shape index (κ1) is 8.87. The fourth-order valence-electron chi connectivity index (χ4n) is 0.668. The molecule has 1 N–H and O–H groups in total. The number of allylic oxidation sites excluding steroid dienone is 1. The van der Waals surface area contributed by atoms with E-state index in [0.717, 1.165) is 0 Å². The van der Waals surface area contributed by atoms with Gasteiger partial charge in [-0.3, -0.25) is 0 Å². The predicted molar refractivity (Wildman–Crippen MR) is 43.6 cm³/mol. The third-order valence-corrected chi connectivity index (χ3v) is 1.21. The molecule has 0 aliphatic heterocycles. The van der Waals surface area contributed by atoms with Gasteiger partial charge in [0.15, 0.2) is 0 Å². The van der Waals surface area contributed by atoms with Gasteiger partial charge < -0.3 is 5.11 Å². The first-order valence-electron chi connectivity index (χ1n) is 3.35. The SMILES string of the molecule is N#CC=Cc1cnc(C(=O)O)nc1. The van der Waals surface area contributed by atoms with E-state index in [9.17, 15) is 4.79 Å². The first-order chi connectivity index (χ1) is 6.24. The van der Waals surface area contributed by atoms with Crippen LogP contribution in [0, 0.1) is 11.3 Å². The van der Waals surface area contributed by atoms with Gasteiger partial charge in [0.25, 0.3) is 0 Å². The minimum atomic E-state index is -1.17. The highest BCUT2D eigenvalue weighted by Crippen LogP contribution is 1.98. The molecule has 5 heteroatoms. The van der Waals surface area contributed by atoms with Crippen molar-refractivity contribution in [2.45, 2.75) is 0 Å². The van der Waals surface area contributed by atoms with Crippen molar-refractivity contribution in [1.82, 2.24) is 9.97 Å². The van der Waals surface area contributed by atoms with Gasteiger partial charge >= 0.3 is 5.97 Å². The van der Waals surface area contributed by atoms with Crippen molar-refractivity contribution >= 4 is 12.0 Å². The van der Waals surface area contributed by atoms with Crippen LogP contribution in [0.2, 0.25) is 0 Å². The summed E-state index contributed by atoms with van der Waals surface area (Å²) in [5.41, 5.74) is 0.589. The molecule has 13 heavy (non-hydrogen) atoms. The van der Waals surface area contributed by atoms with Crippen LogP contribution in [-0.4, -0.2) is 21.0 Å². The summed E-state index contributed by atoms with van der Waals surface area (Å²) >= 11 is 0. The number of carboxylic acid groups (broad SMARTS) is 1. The largest absolute Gasteiger partial charge is 0.475 e. The second-order valence-electron chi connectivity index (χ2n) is 2.11. The lowest BCUT2D eigenvalue weighted by Gasteiger charge is -1.92. The highest BCUT2D eigenvalue weighted by atomic mass is 16.4. The molecular formula is C8H5N3O2. The molecule has 0 amide bonds. The van der Waals surface area contributed by atoms with E-state index in [2.05, 4.69) is 9.97 Å². The lowest BCUT2D eigenvalue weighted by Crippen LogP contribution is -2.02. The second kappa shape index (κ2) is 3.97. The molecule has 0 aliphatic rings. The molecule has 1 aromatic heterocycles. The molecular weight excluding hydrogens is 170 g/mol. The summed E-state index contributed by atoms with van der Waals surface area (Å²) in [6.45, 7) is 0.